The highest BCUT2D eigenvalue weighted by atomic mass is 32.1. The summed E-state index contributed by atoms with van der Waals surface area (Å²) in [5.74, 6) is 0.282. The molecule has 0 aromatic heterocycles. The van der Waals surface area contributed by atoms with Crippen molar-refractivity contribution >= 4 is 40.5 Å². The van der Waals surface area contributed by atoms with E-state index in [9.17, 15) is 9.59 Å². The number of benzene rings is 2. The Balaban J connectivity index is 1.87. The fraction of sp³-hybridized carbons (Fsp3) is 0.348. The standard InChI is InChI=1S/C23H29N3O3S/c1-4-5-6-7-14-29-20-12-9-18(10-13-20)22(28)26-23(30)25-19-11-8-16(2)21(15-19)24-17(3)27/h8-13,15H,4-7,14H2,1-3H3,(H,24,27)(H2,25,26,28,30). The topological polar surface area (TPSA) is 79.5 Å². The van der Waals surface area contributed by atoms with E-state index in [2.05, 4.69) is 22.9 Å². The molecule has 0 spiro atoms. The van der Waals surface area contributed by atoms with E-state index in [1.54, 1.807) is 30.3 Å². The molecule has 0 atom stereocenters. The molecule has 2 amide bonds. The molecular formula is C23H29N3O3S. The molecule has 7 heteroatoms. The van der Waals surface area contributed by atoms with Gasteiger partial charge in [0.15, 0.2) is 5.11 Å². The zero-order chi connectivity index (χ0) is 21.9. The molecule has 0 saturated carbocycles. The summed E-state index contributed by atoms with van der Waals surface area (Å²) in [6.07, 6.45) is 4.60. The molecule has 0 saturated heterocycles. The van der Waals surface area contributed by atoms with Crippen molar-refractivity contribution in [1.29, 1.82) is 0 Å². The van der Waals surface area contributed by atoms with E-state index in [1.807, 2.05) is 19.1 Å². The minimum Gasteiger partial charge on any atom is -0.494 e. The highest BCUT2D eigenvalue weighted by molar-refractivity contribution is 7.80. The fourth-order valence-electron chi connectivity index (χ4n) is 2.78. The molecular weight excluding hydrogens is 398 g/mol. The molecule has 6 nitrogen and oxygen atoms in total. The smallest absolute Gasteiger partial charge is 0.257 e. The summed E-state index contributed by atoms with van der Waals surface area (Å²) in [6, 6.07) is 12.4. The Labute approximate surface area is 183 Å². The number of unbranched alkanes of at least 4 members (excludes halogenated alkanes) is 3. The van der Waals surface area contributed by atoms with Crippen molar-refractivity contribution in [1.82, 2.24) is 5.32 Å². The summed E-state index contributed by atoms with van der Waals surface area (Å²) in [6.45, 7) is 6.20. The first-order valence-electron chi connectivity index (χ1n) is 10.1. The van der Waals surface area contributed by atoms with E-state index in [1.165, 1.54) is 19.8 Å². The lowest BCUT2D eigenvalue weighted by Crippen LogP contribution is -2.34. The van der Waals surface area contributed by atoms with Gasteiger partial charge in [-0.15, -0.1) is 0 Å². The number of ether oxygens (including phenoxy) is 1. The molecule has 0 aliphatic heterocycles. The number of amides is 2. The average Bonchev–Trinajstić information content (AvgIpc) is 2.70. The largest absolute Gasteiger partial charge is 0.494 e. The summed E-state index contributed by atoms with van der Waals surface area (Å²) >= 11 is 5.24. The van der Waals surface area contributed by atoms with Crippen LogP contribution in [0.1, 0.15) is 55.5 Å². The van der Waals surface area contributed by atoms with Crippen LogP contribution in [0.5, 0.6) is 5.75 Å². The first-order valence-corrected chi connectivity index (χ1v) is 10.5. The van der Waals surface area contributed by atoms with Crippen LogP contribution in [0.2, 0.25) is 0 Å². The molecule has 2 aromatic carbocycles. The first kappa shape index (κ1) is 23.3. The molecule has 30 heavy (non-hydrogen) atoms. The minimum absolute atomic E-state index is 0.153. The van der Waals surface area contributed by atoms with Gasteiger partial charge < -0.3 is 15.4 Å². The molecule has 0 bridgehead atoms. The summed E-state index contributed by atoms with van der Waals surface area (Å²) < 4.78 is 5.70. The Kier molecular flexibility index (Phi) is 9.28. The first-order chi connectivity index (χ1) is 14.4. The molecule has 0 heterocycles. The third-order valence-corrected chi connectivity index (χ3v) is 4.62. The molecule has 2 aromatic rings. The number of nitrogens with one attached hydrogen (secondary N) is 3. The number of aryl methyl sites for hydroxylation is 1. The van der Waals surface area contributed by atoms with Gasteiger partial charge in [-0.2, -0.15) is 0 Å². The van der Waals surface area contributed by atoms with Gasteiger partial charge in [-0.25, -0.2) is 0 Å². The Morgan fingerprint density at radius 1 is 1.00 bits per heavy atom. The lowest BCUT2D eigenvalue weighted by Gasteiger charge is -2.13. The molecule has 2 rings (SSSR count). The Hall–Kier alpha value is -2.93. The second-order valence-corrected chi connectivity index (χ2v) is 7.46. The van der Waals surface area contributed by atoms with Crippen molar-refractivity contribution in [2.75, 3.05) is 17.2 Å². The minimum atomic E-state index is -0.309. The van der Waals surface area contributed by atoms with Crippen molar-refractivity contribution in [2.45, 2.75) is 46.5 Å². The van der Waals surface area contributed by atoms with Gasteiger partial charge in [0.25, 0.3) is 5.91 Å². The van der Waals surface area contributed by atoms with Crippen LogP contribution in [-0.4, -0.2) is 23.5 Å². The van der Waals surface area contributed by atoms with Crippen LogP contribution in [0.3, 0.4) is 0 Å². The fourth-order valence-corrected chi connectivity index (χ4v) is 2.99. The van der Waals surface area contributed by atoms with Crippen molar-refractivity contribution in [3.63, 3.8) is 0 Å². The number of anilines is 2. The lowest BCUT2D eigenvalue weighted by atomic mass is 10.2. The van der Waals surface area contributed by atoms with E-state index < -0.39 is 0 Å². The number of hydrogen-bond donors (Lipinski definition) is 3. The third-order valence-electron chi connectivity index (χ3n) is 4.42. The Morgan fingerprint density at radius 3 is 2.40 bits per heavy atom. The van der Waals surface area contributed by atoms with Crippen LogP contribution < -0.4 is 20.7 Å². The number of carbonyl (C=O) groups is 2. The number of carbonyl (C=O) groups excluding carboxylic acids is 2. The predicted octanol–water partition coefficient (Wildman–Crippen LogP) is 5.04. The number of rotatable bonds is 9. The van der Waals surface area contributed by atoms with Gasteiger partial charge in [0.2, 0.25) is 5.91 Å². The van der Waals surface area contributed by atoms with E-state index in [0.717, 1.165) is 24.2 Å². The molecule has 0 unspecified atom stereocenters. The highest BCUT2D eigenvalue weighted by Crippen LogP contribution is 2.20. The van der Waals surface area contributed by atoms with Gasteiger partial charge in [0.1, 0.15) is 5.75 Å². The monoisotopic (exact) mass is 427 g/mol. The zero-order valence-corrected chi connectivity index (χ0v) is 18.5. The number of hydrogen-bond acceptors (Lipinski definition) is 4. The quantitative estimate of drug-likeness (QED) is 0.386. The average molecular weight is 428 g/mol. The van der Waals surface area contributed by atoms with Crippen LogP contribution in [0.4, 0.5) is 11.4 Å². The van der Waals surface area contributed by atoms with Crippen molar-refractivity contribution in [2.24, 2.45) is 0 Å². The van der Waals surface area contributed by atoms with Crippen LogP contribution >= 0.6 is 12.2 Å². The second-order valence-electron chi connectivity index (χ2n) is 7.05. The van der Waals surface area contributed by atoms with E-state index in [4.69, 9.17) is 17.0 Å². The molecule has 0 aliphatic rings. The third kappa shape index (κ3) is 7.83. The molecule has 0 radical (unpaired) electrons. The van der Waals surface area contributed by atoms with Crippen molar-refractivity contribution in [3.8, 4) is 5.75 Å². The van der Waals surface area contributed by atoms with Crippen LogP contribution in [0, 0.1) is 6.92 Å². The summed E-state index contributed by atoms with van der Waals surface area (Å²) in [5.41, 5.74) is 2.77. The van der Waals surface area contributed by atoms with E-state index in [-0.39, 0.29) is 16.9 Å². The lowest BCUT2D eigenvalue weighted by molar-refractivity contribution is -0.114. The second kappa shape index (κ2) is 11.9. The molecule has 0 aliphatic carbocycles. The summed E-state index contributed by atoms with van der Waals surface area (Å²) in [5, 5.41) is 8.56. The van der Waals surface area contributed by atoms with Gasteiger partial charge in [0.05, 0.1) is 6.61 Å². The maximum Gasteiger partial charge on any atom is 0.257 e. The number of thiocarbonyl (C=S) groups is 1. The van der Waals surface area contributed by atoms with Gasteiger partial charge in [-0.1, -0.05) is 32.3 Å². The SMILES string of the molecule is CCCCCCOc1ccc(C(=O)NC(=S)Nc2ccc(C)c(NC(C)=O)c2)cc1. The van der Waals surface area contributed by atoms with E-state index in [0.29, 0.717) is 23.5 Å². The summed E-state index contributed by atoms with van der Waals surface area (Å²) in [4.78, 5) is 23.7. The maximum atomic E-state index is 12.4. The summed E-state index contributed by atoms with van der Waals surface area (Å²) in [7, 11) is 0. The molecule has 160 valence electrons. The Bertz CT molecular complexity index is 882. The highest BCUT2D eigenvalue weighted by Gasteiger charge is 2.09. The molecule has 0 fully saturated rings. The Morgan fingerprint density at radius 2 is 1.73 bits per heavy atom. The maximum absolute atomic E-state index is 12.4. The van der Waals surface area contributed by atoms with Gasteiger partial charge in [-0.3, -0.25) is 14.9 Å². The zero-order valence-electron chi connectivity index (χ0n) is 17.7. The van der Waals surface area contributed by atoms with Gasteiger partial charge in [0, 0.05) is 23.9 Å². The van der Waals surface area contributed by atoms with E-state index >= 15 is 0 Å². The van der Waals surface area contributed by atoms with Crippen LogP contribution in [0.15, 0.2) is 42.5 Å². The normalized spacial score (nSPS) is 10.2. The van der Waals surface area contributed by atoms with Crippen molar-refractivity contribution in [3.05, 3.63) is 53.6 Å². The van der Waals surface area contributed by atoms with Crippen LogP contribution in [0.25, 0.3) is 0 Å². The van der Waals surface area contributed by atoms with Crippen LogP contribution in [-0.2, 0) is 4.79 Å². The predicted molar refractivity (Wildman–Crippen MR) is 125 cm³/mol. The molecule has 3 N–H and O–H groups in total. The van der Waals surface area contributed by atoms with Gasteiger partial charge in [-0.05, 0) is 67.5 Å². The van der Waals surface area contributed by atoms with Crippen molar-refractivity contribution < 1.29 is 14.3 Å². The van der Waals surface area contributed by atoms with Gasteiger partial charge >= 0.3 is 0 Å².